The van der Waals surface area contributed by atoms with Gasteiger partial charge in [-0.1, -0.05) is 57.2 Å². The van der Waals surface area contributed by atoms with E-state index in [9.17, 15) is 4.79 Å². The molecule has 2 aromatic carbocycles. The molecule has 2 heteroatoms. The standard InChI is InChI=1S/C24H31NO/c1-16-14-18(3)22(15-17(16)2)19(4)25-23(26)13-10-20-8-11-21(12-9-20)24(5,6)7/h8-15,19H,1-7H3,(H,25,26)/b13-10+. The molecule has 0 bridgehead atoms. The first-order valence-electron chi connectivity index (χ1n) is 9.25. The molecule has 2 nitrogen and oxygen atoms in total. The van der Waals surface area contributed by atoms with Gasteiger partial charge < -0.3 is 5.32 Å². The van der Waals surface area contributed by atoms with Crippen LogP contribution in [0, 0.1) is 20.8 Å². The molecule has 1 N–H and O–H groups in total. The van der Waals surface area contributed by atoms with Gasteiger partial charge in [0.25, 0.3) is 0 Å². The lowest BCUT2D eigenvalue weighted by atomic mass is 9.87. The fourth-order valence-corrected chi connectivity index (χ4v) is 3.05. The van der Waals surface area contributed by atoms with Gasteiger partial charge in [0, 0.05) is 6.08 Å². The molecule has 0 aromatic heterocycles. The van der Waals surface area contributed by atoms with E-state index in [4.69, 9.17) is 0 Å². The van der Waals surface area contributed by atoms with Crippen molar-refractivity contribution >= 4 is 12.0 Å². The summed E-state index contributed by atoms with van der Waals surface area (Å²) in [7, 11) is 0. The molecule has 1 amide bonds. The van der Waals surface area contributed by atoms with E-state index in [1.807, 2.05) is 13.0 Å². The molecule has 0 heterocycles. The maximum Gasteiger partial charge on any atom is 0.244 e. The first-order chi connectivity index (χ1) is 12.1. The summed E-state index contributed by atoms with van der Waals surface area (Å²) in [6.45, 7) is 14.9. The largest absolute Gasteiger partial charge is 0.346 e. The minimum atomic E-state index is -0.0741. The van der Waals surface area contributed by atoms with Gasteiger partial charge in [-0.05, 0) is 72.6 Å². The number of hydrogen-bond donors (Lipinski definition) is 1. The molecule has 0 saturated carbocycles. The molecule has 0 spiro atoms. The van der Waals surface area contributed by atoms with Crippen LogP contribution in [0.5, 0.6) is 0 Å². The molecule has 0 aliphatic carbocycles. The predicted molar refractivity (Wildman–Crippen MR) is 111 cm³/mol. The van der Waals surface area contributed by atoms with Crippen molar-refractivity contribution in [2.45, 2.75) is 59.9 Å². The van der Waals surface area contributed by atoms with Crippen LogP contribution in [-0.4, -0.2) is 5.91 Å². The minimum absolute atomic E-state index is 0.0188. The Hall–Kier alpha value is -2.35. The number of hydrogen-bond acceptors (Lipinski definition) is 1. The Bertz CT molecular complexity index is 807. The van der Waals surface area contributed by atoms with Gasteiger partial charge in [-0.3, -0.25) is 4.79 Å². The normalized spacial score (nSPS) is 13.0. The number of amides is 1. The second-order valence-corrected chi connectivity index (χ2v) is 8.23. The molecular weight excluding hydrogens is 318 g/mol. The summed E-state index contributed by atoms with van der Waals surface area (Å²) < 4.78 is 0. The van der Waals surface area contributed by atoms with Crippen LogP contribution in [0.1, 0.15) is 67.1 Å². The van der Waals surface area contributed by atoms with Gasteiger partial charge in [-0.2, -0.15) is 0 Å². The van der Waals surface area contributed by atoms with Crippen LogP contribution in [0.2, 0.25) is 0 Å². The average molecular weight is 350 g/mol. The van der Waals surface area contributed by atoms with Crippen molar-refractivity contribution in [3.05, 3.63) is 75.9 Å². The molecule has 2 aromatic rings. The number of rotatable bonds is 4. The van der Waals surface area contributed by atoms with Crippen LogP contribution in [0.4, 0.5) is 0 Å². The molecule has 1 atom stereocenters. The van der Waals surface area contributed by atoms with E-state index in [0.717, 1.165) is 5.56 Å². The zero-order chi connectivity index (χ0) is 19.5. The summed E-state index contributed by atoms with van der Waals surface area (Å²) in [4.78, 5) is 12.3. The minimum Gasteiger partial charge on any atom is -0.346 e. The summed E-state index contributed by atoms with van der Waals surface area (Å²) in [5.41, 5.74) is 7.37. The Labute approximate surface area is 158 Å². The van der Waals surface area contributed by atoms with Crippen molar-refractivity contribution in [3.8, 4) is 0 Å². The van der Waals surface area contributed by atoms with E-state index in [1.54, 1.807) is 6.08 Å². The fourth-order valence-electron chi connectivity index (χ4n) is 3.05. The Kier molecular flexibility index (Phi) is 6.07. The van der Waals surface area contributed by atoms with E-state index in [0.29, 0.717) is 0 Å². The number of nitrogens with one attached hydrogen (secondary N) is 1. The highest BCUT2D eigenvalue weighted by Gasteiger charge is 2.13. The summed E-state index contributed by atoms with van der Waals surface area (Å²) >= 11 is 0. The van der Waals surface area contributed by atoms with Crippen LogP contribution in [0.15, 0.2) is 42.5 Å². The lowest BCUT2D eigenvalue weighted by Gasteiger charge is -2.19. The summed E-state index contributed by atoms with van der Waals surface area (Å²) in [6, 6.07) is 12.7. The van der Waals surface area contributed by atoms with Crippen molar-refractivity contribution in [2.75, 3.05) is 0 Å². The molecule has 0 aliphatic heterocycles. The van der Waals surface area contributed by atoms with Crippen molar-refractivity contribution < 1.29 is 4.79 Å². The molecular formula is C24H31NO. The first kappa shape index (κ1) is 20.0. The first-order valence-corrected chi connectivity index (χ1v) is 9.25. The van der Waals surface area contributed by atoms with E-state index >= 15 is 0 Å². The predicted octanol–water partition coefficient (Wildman–Crippen LogP) is 5.80. The molecule has 2 rings (SSSR count). The van der Waals surface area contributed by atoms with Gasteiger partial charge in [0.2, 0.25) is 5.91 Å². The van der Waals surface area contributed by atoms with Crippen molar-refractivity contribution in [1.82, 2.24) is 5.32 Å². The topological polar surface area (TPSA) is 29.1 Å². The quantitative estimate of drug-likeness (QED) is 0.694. The summed E-state index contributed by atoms with van der Waals surface area (Å²) in [5.74, 6) is -0.0741. The van der Waals surface area contributed by atoms with Crippen LogP contribution < -0.4 is 5.32 Å². The summed E-state index contributed by atoms with van der Waals surface area (Å²) in [6.07, 6.45) is 3.47. The number of aryl methyl sites for hydroxylation is 3. The number of carbonyl (C=O) groups is 1. The Balaban J connectivity index is 2.04. The van der Waals surface area contributed by atoms with E-state index in [-0.39, 0.29) is 17.4 Å². The monoisotopic (exact) mass is 349 g/mol. The molecule has 0 radical (unpaired) electrons. The third-order valence-electron chi connectivity index (χ3n) is 4.91. The second kappa shape index (κ2) is 7.90. The fraction of sp³-hybridized carbons (Fsp3) is 0.375. The highest BCUT2D eigenvalue weighted by atomic mass is 16.1. The van der Waals surface area contributed by atoms with Crippen LogP contribution in [0.3, 0.4) is 0 Å². The molecule has 1 unspecified atom stereocenters. The lowest BCUT2D eigenvalue weighted by Crippen LogP contribution is -2.25. The van der Waals surface area contributed by atoms with Gasteiger partial charge in [-0.15, -0.1) is 0 Å². The van der Waals surface area contributed by atoms with Crippen LogP contribution >= 0.6 is 0 Å². The smallest absolute Gasteiger partial charge is 0.244 e. The van der Waals surface area contributed by atoms with Gasteiger partial charge in [0.15, 0.2) is 0 Å². The van der Waals surface area contributed by atoms with Gasteiger partial charge in [-0.25, -0.2) is 0 Å². The van der Waals surface area contributed by atoms with Crippen molar-refractivity contribution in [3.63, 3.8) is 0 Å². The molecule has 0 fully saturated rings. The van der Waals surface area contributed by atoms with E-state index < -0.39 is 0 Å². The third-order valence-corrected chi connectivity index (χ3v) is 4.91. The molecule has 0 saturated heterocycles. The average Bonchev–Trinajstić information content (AvgIpc) is 2.55. The molecule has 138 valence electrons. The lowest BCUT2D eigenvalue weighted by molar-refractivity contribution is -0.117. The van der Waals surface area contributed by atoms with Crippen LogP contribution in [0.25, 0.3) is 6.08 Å². The number of benzene rings is 2. The Morgan fingerprint density at radius 1 is 0.962 bits per heavy atom. The Morgan fingerprint density at radius 3 is 2.12 bits per heavy atom. The maximum absolute atomic E-state index is 12.3. The maximum atomic E-state index is 12.3. The van der Waals surface area contributed by atoms with E-state index in [2.05, 4.69) is 83.3 Å². The van der Waals surface area contributed by atoms with Crippen molar-refractivity contribution in [1.29, 1.82) is 0 Å². The SMILES string of the molecule is Cc1cc(C)c(C(C)NC(=O)/C=C/c2ccc(C(C)(C)C)cc2)cc1C. The van der Waals surface area contributed by atoms with Gasteiger partial charge in [0.1, 0.15) is 0 Å². The molecule has 26 heavy (non-hydrogen) atoms. The highest BCUT2D eigenvalue weighted by molar-refractivity contribution is 5.92. The molecule has 0 aliphatic rings. The van der Waals surface area contributed by atoms with Crippen molar-refractivity contribution in [2.24, 2.45) is 0 Å². The zero-order valence-electron chi connectivity index (χ0n) is 17.1. The van der Waals surface area contributed by atoms with Crippen LogP contribution in [-0.2, 0) is 10.2 Å². The van der Waals surface area contributed by atoms with Gasteiger partial charge in [0.05, 0.1) is 6.04 Å². The van der Waals surface area contributed by atoms with E-state index in [1.165, 1.54) is 27.8 Å². The summed E-state index contributed by atoms with van der Waals surface area (Å²) in [5, 5.41) is 3.06. The second-order valence-electron chi connectivity index (χ2n) is 8.23. The number of carbonyl (C=O) groups excluding carboxylic acids is 1. The zero-order valence-corrected chi connectivity index (χ0v) is 17.1. The Morgan fingerprint density at radius 2 is 1.54 bits per heavy atom. The van der Waals surface area contributed by atoms with Gasteiger partial charge >= 0.3 is 0 Å². The third kappa shape index (κ3) is 5.08. The highest BCUT2D eigenvalue weighted by Crippen LogP contribution is 2.23.